The molecule has 0 radical (unpaired) electrons. The molecule has 1 N–H and O–H groups in total. The molecule has 0 aromatic heterocycles. The maximum Gasteiger partial charge on any atom is 0.309 e. The lowest BCUT2D eigenvalue weighted by Crippen LogP contribution is -2.28. The molecule has 1 aromatic rings. The van der Waals surface area contributed by atoms with E-state index in [2.05, 4.69) is 0 Å². The van der Waals surface area contributed by atoms with Crippen LogP contribution in [0, 0.1) is 5.92 Å². The lowest BCUT2D eigenvalue weighted by atomic mass is 9.89. The van der Waals surface area contributed by atoms with Gasteiger partial charge in [0.25, 0.3) is 0 Å². The van der Waals surface area contributed by atoms with Crippen molar-refractivity contribution in [2.75, 3.05) is 20.8 Å². The summed E-state index contributed by atoms with van der Waals surface area (Å²) < 4.78 is 16.0. The highest BCUT2D eigenvalue weighted by Crippen LogP contribution is 2.37. The van der Waals surface area contributed by atoms with Crippen molar-refractivity contribution in [3.8, 4) is 11.5 Å². The van der Waals surface area contributed by atoms with Crippen molar-refractivity contribution in [1.82, 2.24) is 0 Å². The Balaban J connectivity index is 2.35. The maximum atomic E-state index is 11.3. The average molecular weight is 266 g/mol. The van der Waals surface area contributed by atoms with Crippen molar-refractivity contribution in [2.45, 2.75) is 18.9 Å². The van der Waals surface area contributed by atoms with Crippen LogP contribution in [-0.2, 0) is 9.53 Å². The number of benzene rings is 1. The molecule has 0 amide bonds. The summed E-state index contributed by atoms with van der Waals surface area (Å²) in [6.45, 7) is 0.577. The van der Waals surface area contributed by atoms with Crippen LogP contribution in [-0.4, -0.2) is 31.9 Å². The quantitative estimate of drug-likeness (QED) is 0.905. The predicted molar refractivity (Wildman–Crippen MR) is 68.6 cm³/mol. The van der Waals surface area contributed by atoms with Gasteiger partial charge >= 0.3 is 5.97 Å². The number of methoxy groups -OCH3 is 2. The molecule has 0 bridgehead atoms. The summed E-state index contributed by atoms with van der Waals surface area (Å²) in [5, 5.41) is 9.28. The Morgan fingerprint density at radius 2 is 1.89 bits per heavy atom. The van der Waals surface area contributed by atoms with Gasteiger partial charge in [0.15, 0.2) is 0 Å². The number of hydrogen-bond donors (Lipinski definition) is 1. The summed E-state index contributed by atoms with van der Waals surface area (Å²) in [4.78, 5) is 11.3. The summed E-state index contributed by atoms with van der Waals surface area (Å²) >= 11 is 0. The number of hydrogen-bond acceptors (Lipinski definition) is 4. The SMILES string of the molecule is COc1cc(OC)cc(C2OCCCC2C(=O)O)c1. The zero-order valence-corrected chi connectivity index (χ0v) is 11.1. The fourth-order valence-corrected chi connectivity index (χ4v) is 2.36. The van der Waals surface area contributed by atoms with Crippen molar-refractivity contribution in [2.24, 2.45) is 5.92 Å². The third kappa shape index (κ3) is 2.98. The Morgan fingerprint density at radius 3 is 2.42 bits per heavy atom. The van der Waals surface area contributed by atoms with Crippen LogP contribution in [0.4, 0.5) is 0 Å². The molecule has 1 saturated heterocycles. The van der Waals surface area contributed by atoms with Crippen molar-refractivity contribution in [3.05, 3.63) is 23.8 Å². The van der Waals surface area contributed by atoms with Gasteiger partial charge in [0, 0.05) is 12.7 Å². The van der Waals surface area contributed by atoms with Crippen LogP contribution in [0.1, 0.15) is 24.5 Å². The second-order valence-electron chi connectivity index (χ2n) is 4.52. The van der Waals surface area contributed by atoms with Gasteiger partial charge < -0.3 is 19.3 Å². The van der Waals surface area contributed by atoms with Gasteiger partial charge in [-0.2, -0.15) is 0 Å². The topological polar surface area (TPSA) is 65.0 Å². The van der Waals surface area contributed by atoms with Gasteiger partial charge in [-0.05, 0) is 30.5 Å². The second kappa shape index (κ2) is 5.93. The van der Waals surface area contributed by atoms with Crippen LogP contribution < -0.4 is 9.47 Å². The van der Waals surface area contributed by atoms with E-state index in [-0.39, 0.29) is 0 Å². The molecule has 1 aromatic carbocycles. The molecular formula is C14H18O5. The molecule has 2 rings (SSSR count). The molecular weight excluding hydrogens is 248 g/mol. The second-order valence-corrected chi connectivity index (χ2v) is 4.52. The summed E-state index contributed by atoms with van der Waals surface area (Å²) in [6, 6.07) is 5.35. The molecule has 1 heterocycles. The van der Waals surface area contributed by atoms with E-state index >= 15 is 0 Å². The minimum absolute atomic E-state index is 0.449. The van der Waals surface area contributed by atoms with Crippen LogP contribution in [0.2, 0.25) is 0 Å². The van der Waals surface area contributed by atoms with Crippen LogP contribution in [0.25, 0.3) is 0 Å². The van der Waals surface area contributed by atoms with Crippen molar-refractivity contribution in [1.29, 1.82) is 0 Å². The first-order chi connectivity index (χ1) is 9.15. The molecule has 2 atom stereocenters. The van der Waals surface area contributed by atoms with Gasteiger partial charge in [-0.25, -0.2) is 0 Å². The van der Waals surface area contributed by atoms with E-state index in [1.807, 2.05) is 0 Å². The molecule has 1 fully saturated rings. The Bertz CT molecular complexity index is 435. The third-order valence-corrected chi connectivity index (χ3v) is 3.34. The largest absolute Gasteiger partial charge is 0.497 e. The maximum absolute atomic E-state index is 11.3. The monoisotopic (exact) mass is 266 g/mol. The first-order valence-electron chi connectivity index (χ1n) is 6.23. The van der Waals surface area contributed by atoms with E-state index in [1.54, 1.807) is 32.4 Å². The highest BCUT2D eigenvalue weighted by Gasteiger charge is 2.33. The van der Waals surface area contributed by atoms with Crippen molar-refractivity contribution < 1.29 is 24.1 Å². The van der Waals surface area contributed by atoms with Gasteiger partial charge in [-0.15, -0.1) is 0 Å². The molecule has 1 aliphatic rings. The number of carbonyl (C=O) groups is 1. The van der Waals surface area contributed by atoms with E-state index in [0.29, 0.717) is 24.5 Å². The van der Waals surface area contributed by atoms with Gasteiger partial charge in [0.2, 0.25) is 0 Å². The minimum atomic E-state index is -0.827. The summed E-state index contributed by atoms with van der Waals surface area (Å²) in [7, 11) is 3.13. The van der Waals surface area contributed by atoms with Crippen molar-refractivity contribution in [3.63, 3.8) is 0 Å². The molecule has 1 aliphatic heterocycles. The Labute approximate surface area is 112 Å². The normalized spacial score (nSPS) is 22.8. The molecule has 0 saturated carbocycles. The van der Waals surface area contributed by atoms with Gasteiger partial charge in [-0.1, -0.05) is 0 Å². The lowest BCUT2D eigenvalue weighted by molar-refractivity contribution is -0.151. The molecule has 5 nitrogen and oxygen atoms in total. The van der Waals surface area contributed by atoms with E-state index in [0.717, 1.165) is 12.0 Å². The van der Waals surface area contributed by atoms with Crippen LogP contribution in [0.3, 0.4) is 0 Å². The zero-order valence-electron chi connectivity index (χ0n) is 11.1. The zero-order chi connectivity index (χ0) is 13.8. The van der Waals surface area contributed by atoms with Gasteiger partial charge in [-0.3, -0.25) is 4.79 Å². The number of carboxylic acids is 1. The molecule has 0 aliphatic carbocycles. The van der Waals surface area contributed by atoms with E-state index in [9.17, 15) is 9.90 Å². The number of carboxylic acid groups (broad SMARTS) is 1. The summed E-state index contributed by atoms with van der Waals surface area (Å²) in [6.07, 6.45) is 0.948. The highest BCUT2D eigenvalue weighted by atomic mass is 16.5. The van der Waals surface area contributed by atoms with E-state index in [1.165, 1.54) is 0 Å². The fraction of sp³-hybridized carbons (Fsp3) is 0.500. The van der Waals surface area contributed by atoms with Gasteiger partial charge in [0.1, 0.15) is 11.5 Å². The fourth-order valence-electron chi connectivity index (χ4n) is 2.36. The molecule has 5 heteroatoms. The molecule has 104 valence electrons. The summed E-state index contributed by atoms with van der Waals surface area (Å²) in [5.74, 6) is -0.0858. The third-order valence-electron chi connectivity index (χ3n) is 3.34. The average Bonchev–Trinajstić information content (AvgIpc) is 2.46. The molecule has 19 heavy (non-hydrogen) atoms. The number of aliphatic carboxylic acids is 1. The van der Waals surface area contributed by atoms with E-state index in [4.69, 9.17) is 14.2 Å². The summed E-state index contributed by atoms with van der Waals surface area (Å²) in [5.41, 5.74) is 0.781. The predicted octanol–water partition coefficient (Wildman–Crippen LogP) is 2.26. The Kier molecular flexibility index (Phi) is 4.27. The van der Waals surface area contributed by atoms with Crippen molar-refractivity contribution >= 4 is 5.97 Å². The lowest BCUT2D eigenvalue weighted by Gasteiger charge is -2.29. The Hall–Kier alpha value is -1.75. The minimum Gasteiger partial charge on any atom is -0.497 e. The van der Waals surface area contributed by atoms with Crippen LogP contribution in [0.15, 0.2) is 18.2 Å². The van der Waals surface area contributed by atoms with Crippen LogP contribution in [0.5, 0.6) is 11.5 Å². The molecule has 2 unspecified atom stereocenters. The highest BCUT2D eigenvalue weighted by molar-refractivity contribution is 5.71. The van der Waals surface area contributed by atoms with Crippen LogP contribution >= 0.6 is 0 Å². The molecule has 0 spiro atoms. The van der Waals surface area contributed by atoms with Gasteiger partial charge in [0.05, 0.1) is 26.2 Å². The standard InChI is InChI=1S/C14H18O5/c1-17-10-6-9(7-11(8-10)18-2)13-12(14(15)16)4-3-5-19-13/h6-8,12-13H,3-5H2,1-2H3,(H,15,16). The first kappa shape index (κ1) is 13.7. The smallest absolute Gasteiger partial charge is 0.309 e. The first-order valence-corrected chi connectivity index (χ1v) is 6.23. The number of rotatable bonds is 4. The number of ether oxygens (including phenoxy) is 3. The Morgan fingerprint density at radius 1 is 1.26 bits per heavy atom. The van der Waals surface area contributed by atoms with E-state index < -0.39 is 18.0 Å².